The number of rotatable bonds is 5. The summed E-state index contributed by atoms with van der Waals surface area (Å²) in [5, 5.41) is 5.07. The van der Waals surface area contributed by atoms with Crippen molar-refractivity contribution in [2.24, 2.45) is 10.7 Å². The molecule has 0 saturated carbocycles. The van der Waals surface area contributed by atoms with Crippen LogP contribution in [0.25, 0.3) is 0 Å². The van der Waals surface area contributed by atoms with Crippen molar-refractivity contribution < 1.29 is 9.53 Å². The zero-order valence-corrected chi connectivity index (χ0v) is 15.9. The Balaban J connectivity index is 1.51. The van der Waals surface area contributed by atoms with Crippen molar-refractivity contribution in [1.29, 1.82) is 0 Å². The second kappa shape index (κ2) is 8.23. The first-order valence-electron chi connectivity index (χ1n) is 8.68. The maximum absolute atomic E-state index is 12.4. The predicted molar refractivity (Wildman–Crippen MR) is 106 cm³/mol. The summed E-state index contributed by atoms with van der Waals surface area (Å²) in [7, 11) is 0. The molecule has 26 heavy (non-hydrogen) atoms. The van der Waals surface area contributed by atoms with Crippen LogP contribution in [0.3, 0.4) is 0 Å². The zero-order valence-electron chi connectivity index (χ0n) is 15.1. The fraction of sp³-hybridized carbons (Fsp3) is 0.368. The van der Waals surface area contributed by atoms with Gasteiger partial charge in [0.05, 0.1) is 6.10 Å². The van der Waals surface area contributed by atoms with Gasteiger partial charge in [0.2, 0.25) is 5.91 Å². The molecule has 3 N–H and O–H groups in total. The van der Waals surface area contributed by atoms with E-state index in [-0.39, 0.29) is 24.5 Å². The first kappa shape index (κ1) is 18.3. The van der Waals surface area contributed by atoms with Crippen LogP contribution in [0.1, 0.15) is 24.3 Å². The summed E-state index contributed by atoms with van der Waals surface area (Å²) in [6.45, 7) is 5.42. The second-order valence-electron chi connectivity index (χ2n) is 6.45. The number of nitrogens with two attached hydrogens (primary N) is 1. The van der Waals surface area contributed by atoms with E-state index < -0.39 is 0 Å². The molecular formula is C19H24N4O2S. The maximum atomic E-state index is 12.4. The molecule has 1 aromatic carbocycles. The number of anilines is 1. The van der Waals surface area contributed by atoms with Crippen molar-refractivity contribution in [2.75, 3.05) is 18.4 Å². The lowest BCUT2D eigenvalue weighted by Crippen LogP contribution is -2.37. The number of nitrogens with zero attached hydrogens (tertiary/aromatic N) is 2. The number of benzene rings is 1. The van der Waals surface area contributed by atoms with E-state index in [1.165, 1.54) is 10.4 Å². The van der Waals surface area contributed by atoms with Crippen molar-refractivity contribution in [1.82, 2.24) is 4.90 Å². The lowest BCUT2D eigenvalue weighted by Gasteiger charge is -2.26. The monoisotopic (exact) mass is 372 g/mol. The molecule has 7 heteroatoms. The minimum absolute atomic E-state index is 0.00715. The Morgan fingerprint density at radius 1 is 1.35 bits per heavy atom. The van der Waals surface area contributed by atoms with Gasteiger partial charge in [0, 0.05) is 23.7 Å². The Morgan fingerprint density at radius 3 is 2.85 bits per heavy atom. The largest absolute Gasteiger partial charge is 0.491 e. The van der Waals surface area contributed by atoms with Crippen molar-refractivity contribution in [3.8, 4) is 5.75 Å². The fourth-order valence-electron chi connectivity index (χ4n) is 2.79. The molecular weight excluding hydrogens is 348 g/mol. The van der Waals surface area contributed by atoms with Gasteiger partial charge < -0.3 is 20.7 Å². The van der Waals surface area contributed by atoms with Gasteiger partial charge >= 0.3 is 0 Å². The minimum atomic E-state index is -0.00715. The second-order valence-corrected chi connectivity index (χ2v) is 7.45. The van der Waals surface area contributed by atoms with Crippen LogP contribution in [0, 0.1) is 0 Å². The number of carbonyl (C=O) groups excluding carboxylic acids is 1. The Morgan fingerprint density at radius 2 is 2.12 bits per heavy atom. The molecule has 2 aromatic rings. The Labute approximate surface area is 157 Å². The molecule has 1 aromatic heterocycles. The number of nitrogens with one attached hydrogen (secondary N) is 1. The zero-order chi connectivity index (χ0) is 18.5. The van der Waals surface area contributed by atoms with E-state index in [4.69, 9.17) is 10.5 Å². The van der Waals surface area contributed by atoms with E-state index in [2.05, 4.69) is 21.8 Å². The van der Waals surface area contributed by atoms with E-state index in [1.807, 2.05) is 43.0 Å². The Hall–Kier alpha value is -2.54. The molecule has 0 bridgehead atoms. The van der Waals surface area contributed by atoms with Gasteiger partial charge in [-0.25, -0.2) is 4.99 Å². The molecule has 0 fully saturated rings. The predicted octanol–water partition coefficient (Wildman–Crippen LogP) is 2.85. The molecule has 0 atom stereocenters. The van der Waals surface area contributed by atoms with Crippen LogP contribution in [0.2, 0.25) is 0 Å². The van der Waals surface area contributed by atoms with E-state index >= 15 is 0 Å². The average Bonchev–Trinajstić information content (AvgIpc) is 3.08. The fourth-order valence-corrected chi connectivity index (χ4v) is 3.68. The number of guanidine groups is 1. The molecule has 1 amide bonds. The summed E-state index contributed by atoms with van der Waals surface area (Å²) in [5.74, 6) is 1.02. The van der Waals surface area contributed by atoms with Crippen molar-refractivity contribution in [2.45, 2.75) is 32.9 Å². The molecule has 1 aliphatic heterocycles. The molecule has 1 aliphatic rings. The molecule has 0 aliphatic carbocycles. The highest BCUT2D eigenvalue weighted by atomic mass is 32.1. The van der Waals surface area contributed by atoms with Crippen molar-refractivity contribution >= 4 is 28.9 Å². The lowest BCUT2D eigenvalue weighted by molar-refractivity contribution is -0.130. The number of fused-ring (bicyclic) bond motifs is 1. The van der Waals surface area contributed by atoms with Crippen molar-refractivity contribution in [3.05, 3.63) is 46.2 Å². The average molecular weight is 372 g/mol. The van der Waals surface area contributed by atoms with Gasteiger partial charge in [-0.15, -0.1) is 11.3 Å². The normalized spacial score (nSPS) is 14.3. The SMILES string of the molecule is CC(C)Oc1ccc(NC(N)=NCC(=O)N2CCc3sccc3C2)cc1. The van der Waals surface area contributed by atoms with Gasteiger partial charge in [-0.2, -0.15) is 0 Å². The number of amides is 1. The highest BCUT2D eigenvalue weighted by Crippen LogP contribution is 2.24. The number of carbonyl (C=O) groups is 1. The summed E-state index contributed by atoms with van der Waals surface area (Å²) in [6, 6.07) is 9.56. The highest BCUT2D eigenvalue weighted by molar-refractivity contribution is 7.10. The third kappa shape index (κ3) is 4.76. The van der Waals surface area contributed by atoms with Gasteiger partial charge in [0.1, 0.15) is 12.3 Å². The van der Waals surface area contributed by atoms with Gasteiger partial charge in [0.15, 0.2) is 5.96 Å². The van der Waals surface area contributed by atoms with Crippen LogP contribution >= 0.6 is 11.3 Å². The molecule has 0 radical (unpaired) electrons. The highest BCUT2D eigenvalue weighted by Gasteiger charge is 2.20. The summed E-state index contributed by atoms with van der Waals surface area (Å²) in [6.07, 6.45) is 1.05. The third-order valence-corrected chi connectivity index (χ3v) is 5.07. The summed E-state index contributed by atoms with van der Waals surface area (Å²) < 4.78 is 5.60. The summed E-state index contributed by atoms with van der Waals surface area (Å²) in [5.41, 5.74) is 7.95. The molecule has 0 saturated heterocycles. The minimum Gasteiger partial charge on any atom is -0.491 e. The van der Waals surface area contributed by atoms with Crippen molar-refractivity contribution in [3.63, 3.8) is 0 Å². The molecule has 2 heterocycles. The maximum Gasteiger partial charge on any atom is 0.244 e. The Bertz CT molecular complexity index is 783. The van der Waals surface area contributed by atoms with Crippen LogP contribution < -0.4 is 15.8 Å². The van der Waals surface area contributed by atoms with E-state index in [9.17, 15) is 4.79 Å². The summed E-state index contributed by atoms with van der Waals surface area (Å²) >= 11 is 1.76. The van der Waals surface area contributed by atoms with Gasteiger partial charge in [-0.05, 0) is 61.5 Å². The van der Waals surface area contributed by atoms with Gasteiger partial charge in [-0.1, -0.05) is 0 Å². The number of ether oxygens (including phenoxy) is 1. The van der Waals surface area contributed by atoms with Crippen LogP contribution in [0.4, 0.5) is 5.69 Å². The summed E-state index contributed by atoms with van der Waals surface area (Å²) in [4.78, 5) is 19.7. The molecule has 0 unspecified atom stereocenters. The van der Waals surface area contributed by atoms with Gasteiger partial charge in [0.25, 0.3) is 0 Å². The quantitative estimate of drug-likeness (QED) is 0.625. The number of hydrogen-bond donors (Lipinski definition) is 2. The topological polar surface area (TPSA) is 80.0 Å². The number of thiophene rings is 1. The van der Waals surface area contributed by atoms with Crippen LogP contribution in [0.5, 0.6) is 5.75 Å². The Kier molecular flexibility index (Phi) is 5.78. The van der Waals surface area contributed by atoms with Crippen LogP contribution in [-0.2, 0) is 17.8 Å². The molecule has 3 rings (SSSR count). The smallest absolute Gasteiger partial charge is 0.244 e. The lowest BCUT2D eigenvalue weighted by atomic mass is 10.1. The molecule has 138 valence electrons. The number of hydrogen-bond acceptors (Lipinski definition) is 4. The van der Waals surface area contributed by atoms with Crippen LogP contribution in [-0.4, -0.2) is 36.0 Å². The molecule has 0 spiro atoms. The standard InChI is InChI=1S/C19H24N4O2S/c1-13(2)25-16-5-3-15(4-6-16)22-19(20)21-11-18(24)23-9-7-17-14(12-23)8-10-26-17/h3-6,8,10,13H,7,9,11-12H2,1-2H3,(H3,20,21,22). The first-order valence-corrected chi connectivity index (χ1v) is 9.56. The van der Waals surface area contributed by atoms with Gasteiger partial charge in [-0.3, -0.25) is 4.79 Å². The third-order valence-electron chi connectivity index (χ3n) is 4.04. The number of aliphatic imine (C=N–C) groups is 1. The van der Waals surface area contributed by atoms with E-state index in [0.717, 1.165) is 24.4 Å². The molecule has 6 nitrogen and oxygen atoms in total. The van der Waals surface area contributed by atoms with E-state index in [0.29, 0.717) is 6.54 Å². The first-order chi connectivity index (χ1) is 12.5. The van der Waals surface area contributed by atoms with E-state index in [1.54, 1.807) is 11.3 Å². The van der Waals surface area contributed by atoms with Crippen LogP contribution in [0.15, 0.2) is 40.7 Å².